The topological polar surface area (TPSA) is 38.3 Å². The first-order valence-electron chi connectivity index (χ1n) is 7.47. The van der Waals surface area contributed by atoms with Crippen molar-refractivity contribution in [1.82, 2.24) is 5.32 Å². The number of nitrogens with one attached hydrogen (secondary N) is 1. The van der Waals surface area contributed by atoms with Gasteiger partial charge in [0.2, 0.25) is 0 Å². The second-order valence-corrected chi connectivity index (χ2v) is 6.82. The maximum atomic E-state index is 12.7. The fourth-order valence-electron chi connectivity index (χ4n) is 2.36. The van der Waals surface area contributed by atoms with Gasteiger partial charge in [0.1, 0.15) is 0 Å². The number of esters is 1. The Bertz CT molecular complexity index is 521. The summed E-state index contributed by atoms with van der Waals surface area (Å²) >= 11 is 0. The predicted octanol–water partition coefficient (Wildman–Crippen LogP) is 4.16. The van der Waals surface area contributed by atoms with Crippen LogP contribution < -0.4 is 5.32 Å². The van der Waals surface area contributed by atoms with Crippen LogP contribution in [0.2, 0.25) is 0 Å². The average molecular weight is 331 g/mol. The van der Waals surface area contributed by atoms with Crippen LogP contribution in [-0.4, -0.2) is 19.1 Å². The molecule has 0 aliphatic carbocycles. The maximum Gasteiger partial charge on any atom is 0.416 e. The standard InChI is InChI=1S/C17H24F3NO2/c1-16(2,3)10-14(9-15(22)23-4)21-11-12-6-5-7-13(8-12)17(18,19)20/h5-8,14,21H,9-11H2,1-4H3. The molecule has 0 aliphatic rings. The number of rotatable bonds is 6. The van der Waals surface area contributed by atoms with Crippen molar-refractivity contribution >= 4 is 5.97 Å². The molecule has 1 N–H and O–H groups in total. The number of hydrogen-bond donors (Lipinski definition) is 1. The molecule has 0 amide bonds. The molecule has 0 fully saturated rings. The highest BCUT2D eigenvalue weighted by atomic mass is 19.4. The molecule has 0 aromatic heterocycles. The predicted molar refractivity (Wildman–Crippen MR) is 82.8 cm³/mol. The summed E-state index contributed by atoms with van der Waals surface area (Å²) in [5.74, 6) is -0.337. The van der Waals surface area contributed by atoms with Crippen LogP contribution in [0.3, 0.4) is 0 Å². The number of carbonyl (C=O) groups excluding carboxylic acids is 1. The molecule has 1 aromatic rings. The summed E-state index contributed by atoms with van der Waals surface area (Å²) in [6, 6.07) is 5.04. The second-order valence-electron chi connectivity index (χ2n) is 6.82. The van der Waals surface area contributed by atoms with Crippen LogP contribution in [0.25, 0.3) is 0 Å². The molecule has 1 rings (SSSR count). The van der Waals surface area contributed by atoms with Gasteiger partial charge in [-0.25, -0.2) is 0 Å². The van der Waals surface area contributed by atoms with Crippen LogP contribution in [-0.2, 0) is 22.3 Å². The molecule has 1 aromatic carbocycles. The molecule has 23 heavy (non-hydrogen) atoms. The van der Waals surface area contributed by atoms with Gasteiger partial charge in [-0.3, -0.25) is 4.79 Å². The second kappa shape index (κ2) is 7.81. The van der Waals surface area contributed by atoms with E-state index >= 15 is 0 Å². The molecule has 0 heterocycles. The number of methoxy groups -OCH3 is 1. The number of hydrogen-bond acceptors (Lipinski definition) is 3. The third kappa shape index (κ3) is 7.50. The fourth-order valence-corrected chi connectivity index (χ4v) is 2.36. The van der Waals surface area contributed by atoms with Gasteiger partial charge in [0.25, 0.3) is 0 Å². The van der Waals surface area contributed by atoms with E-state index in [4.69, 9.17) is 0 Å². The van der Waals surface area contributed by atoms with Gasteiger partial charge < -0.3 is 10.1 Å². The van der Waals surface area contributed by atoms with Gasteiger partial charge in [-0.2, -0.15) is 13.2 Å². The first-order valence-corrected chi connectivity index (χ1v) is 7.47. The van der Waals surface area contributed by atoms with Gasteiger partial charge in [-0.1, -0.05) is 39.0 Å². The zero-order valence-electron chi connectivity index (χ0n) is 14.0. The lowest BCUT2D eigenvalue weighted by Crippen LogP contribution is -2.35. The van der Waals surface area contributed by atoms with Crippen LogP contribution >= 0.6 is 0 Å². The van der Waals surface area contributed by atoms with Crippen molar-refractivity contribution in [3.63, 3.8) is 0 Å². The van der Waals surface area contributed by atoms with E-state index in [0.29, 0.717) is 12.0 Å². The van der Waals surface area contributed by atoms with Crippen molar-refractivity contribution in [2.45, 2.75) is 52.4 Å². The number of carbonyl (C=O) groups is 1. The molecule has 0 saturated carbocycles. The van der Waals surface area contributed by atoms with Crippen molar-refractivity contribution in [1.29, 1.82) is 0 Å². The van der Waals surface area contributed by atoms with Crippen molar-refractivity contribution in [2.75, 3.05) is 7.11 Å². The molecular formula is C17H24F3NO2. The molecule has 1 unspecified atom stereocenters. The lowest BCUT2D eigenvalue weighted by atomic mass is 9.87. The monoisotopic (exact) mass is 331 g/mol. The van der Waals surface area contributed by atoms with E-state index in [2.05, 4.69) is 10.1 Å². The van der Waals surface area contributed by atoms with Gasteiger partial charge in [0.15, 0.2) is 0 Å². The Morgan fingerprint density at radius 3 is 2.43 bits per heavy atom. The quantitative estimate of drug-likeness (QED) is 0.795. The molecular weight excluding hydrogens is 307 g/mol. The Kier molecular flexibility index (Phi) is 6.62. The molecule has 1 atom stereocenters. The Morgan fingerprint density at radius 1 is 1.26 bits per heavy atom. The highest BCUT2D eigenvalue weighted by Gasteiger charge is 2.30. The summed E-state index contributed by atoms with van der Waals surface area (Å²) in [5, 5.41) is 3.17. The maximum absolute atomic E-state index is 12.7. The van der Waals surface area contributed by atoms with Gasteiger partial charge >= 0.3 is 12.1 Å². The normalized spacial score (nSPS) is 13.7. The first-order chi connectivity index (χ1) is 10.5. The summed E-state index contributed by atoms with van der Waals surface area (Å²) in [6.45, 7) is 6.40. The third-order valence-electron chi connectivity index (χ3n) is 3.35. The summed E-state index contributed by atoms with van der Waals surface area (Å²) < 4.78 is 42.9. The van der Waals surface area contributed by atoms with Gasteiger partial charge in [0, 0.05) is 12.6 Å². The zero-order chi connectivity index (χ0) is 17.7. The van der Waals surface area contributed by atoms with E-state index in [1.54, 1.807) is 6.07 Å². The fraction of sp³-hybridized carbons (Fsp3) is 0.588. The van der Waals surface area contributed by atoms with E-state index in [9.17, 15) is 18.0 Å². The van der Waals surface area contributed by atoms with Crippen LogP contribution in [0.1, 0.15) is 44.7 Å². The minimum Gasteiger partial charge on any atom is -0.469 e. The molecule has 3 nitrogen and oxygen atoms in total. The van der Waals surface area contributed by atoms with E-state index in [0.717, 1.165) is 12.1 Å². The summed E-state index contributed by atoms with van der Waals surface area (Å²) in [7, 11) is 1.32. The van der Waals surface area contributed by atoms with E-state index in [-0.39, 0.29) is 30.4 Å². The van der Waals surface area contributed by atoms with E-state index in [1.807, 2.05) is 20.8 Å². The lowest BCUT2D eigenvalue weighted by Gasteiger charge is -2.26. The number of ether oxygens (including phenoxy) is 1. The van der Waals surface area contributed by atoms with Crippen LogP contribution in [0.15, 0.2) is 24.3 Å². The van der Waals surface area contributed by atoms with Crippen LogP contribution in [0, 0.1) is 5.41 Å². The smallest absolute Gasteiger partial charge is 0.416 e. The summed E-state index contributed by atoms with van der Waals surface area (Å²) in [6.07, 6.45) is -3.46. The van der Waals surface area contributed by atoms with Gasteiger partial charge in [-0.05, 0) is 23.5 Å². The van der Waals surface area contributed by atoms with E-state index < -0.39 is 11.7 Å². The molecule has 0 saturated heterocycles. The molecule has 0 aliphatic heterocycles. The highest BCUT2D eigenvalue weighted by molar-refractivity contribution is 5.69. The SMILES string of the molecule is COC(=O)CC(CC(C)(C)C)NCc1cccc(C(F)(F)F)c1. The third-order valence-corrected chi connectivity index (χ3v) is 3.35. The van der Waals surface area contributed by atoms with Crippen LogP contribution in [0.4, 0.5) is 13.2 Å². The number of alkyl halides is 3. The lowest BCUT2D eigenvalue weighted by molar-refractivity contribution is -0.141. The molecule has 0 bridgehead atoms. The van der Waals surface area contributed by atoms with Crippen molar-refractivity contribution in [2.24, 2.45) is 5.41 Å². The minimum atomic E-state index is -4.35. The average Bonchev–Trinajstić information content (AvgIpc) is 2.42. The molecule has 130 valence electrons. The van der Waals surface area contributed by atoms with Crippen LogP contribution in [0.5, 0.6) is 0 Å². The highest BCUT2D eigenvalue weighted by Crippen LogP contribution is 2.29. The first kappa shape index (κ1) is 19.5. The Labute approximate surface area is 135 Å². The van der Waals surface area contributed by atoms with E-state index in [1.165, 1.54) is 13.2 Å². The number of benzene rings is 1. The molecule has 0 radical (unpaired) electrons. The van der Waals surface area contributed by atoms with Crippen molar-refractivity contribution in [3.05, 3.63) is 35.4 Å². The number of halogens is 3. The Balaban J connectivity index is 2.75. The zero-order valence-corrected chi connectivity index (χ0v) is 14.0. The Morgan fingerprint density at radius 2 is 1.91 bits per heavy atom. The van der Waals surface area contributed by atoms with Crippen molar-refractivity contribution in [3.8, 4) is 0 Å². The molecule has 6 heteroatoms. The molecule has 0 spiro atoms. The summed E-state index contributed by atoms with van der Waals surface area (Å²) in [4.78, 5) is 11.5. The van der Waals surface area contributed by atoms with Crippen molar-refractivity contribution < 1.29 is 22.7 Å². The minimum absolute atomic E-state index is 0.0144. The summed E-state index contributed by atoms with van der Waals surface area (Å²) in [5.41, 5.74) is -0.153. The Hall–Kier alpha value is -1.56. The largest absolute Gasteiger partial charge is 0.469 e. The van der Waals surface area contributed by atoms with Gasteiger partial charge in [0.05, 0.1) is 19.1 Å². The van der Waals surface area contributed by atoms with Gasteiger partial charge in [-0.15, -0.1) is 0 Å².